The Morgan fingerprint density at radius 3 is 2.36 bits per heavy atom. The van der Waals surface area contributed by atoms with Crippen LogP contribution in [0.15, 0.2) is 42.5 Å². The molecule has 7 rings (SSSR count). The van der Waals surface area contributed by atoms with E-state index in [1.54, 1.807) is 23.6 Å². The number of carboxylic acids is 1. The number of fused-ring (bicyclic) bond motifs is 4. The van der Waals surface area contributed by atoms with E-state index in [9.17, 15) is 9.90 Å². The molecule has 11 nitrogen and oxygen atoms in total. The molecule has 0 aliphatic carbocycles. The summed E-state index contributed by atoms with van der Waals surface area (Å²) in [5.74, 6) is -0.639. The highest BCUT2D eigenvalue weighted by Gasteiger charge is 2.39. The van der Waals surface area contributed by atoms with Crippen LogP contribution >= 0.6 is 23.2 Å². The van der Waals surface area contributed by atoms with Crippen LogP contribution in [0.2, 0.25) is 10.0 Å². The molecule has 1 atom stereocenters. The molecule has 56 heavy (non-hydrogen) atoms. The van der Waals surface area contributed by atoms with E-state index in [2.05, 4.69) is 16.4 Å². The van der Waals surface area contributed by atoms with Crippen molar-refractivity contribution in [2.45, 2.75) is 53.5 Å². The molecule has 4 heterocycles. The molecule has 0 spiro atoms. The second kappa shape index (κ2) is 15.2. The lowest BCUT2D eigenvalue weighted by Crippen LogP contribution is -2.43. The topological polar surface area (TPSA) is 107 Å². The van der Waals surface area contributed by atoms with Crippen molar-refractivity contribution in [3.05, 3.63) is 92.0 Å². The molecular weight excluding hydrogens is 751 g/mol. The molecule has 0 unspecified atom stereocenters. The van der Waals surface area contributed by atoms with Crippen molar-refractivity contribution < 1.29 is 24.2 Å². The number of methoxy groups -OCH3 is 1. The Morgan fingerprint density at radius 1 is 1.00 bits per heavy atom. The second-order valence-electron chi connectivity index (χ2n) is 15.0. The number of ether oxygens (including phenoxy) is 2. The summed E-state index contributed by atoms with van der Waals surface area (Å²) < 4.78 is 17.2. The lowest BCUT2D eigenvalue weighted by atomic mass is 9.98. The number of aryl methyl sites for hydroxylation is 6. The number of rotatable bonds is 12. The third-order valence-corrected chi connectivity index (χ3v) is 12.2. The Bertz CT molecular complexity index is 2530. The molecule has 294 valence electrons. The maximum atomic E-state index is 15.4. The van der Waals surface area contributed by atoms with Gasteiger partial charge in [-0.2, -0.15) is 5.10 Å². The molecule has 3 aromatic carbocycles. The highest BCUT2D eigenvalue weighted by Crippen LogP contribution is 2.46. The summed E-state index contributed by atoms with van der Waals surface area (Å²) in [6, 6.07) is 13.4. The first kappa shape index (κ1) is 39.3. The lowest BCUT2D eigenvalue weighted by Gasteiger charge is -2.34. The molecule has 0 saturated carbocycles. The van der Waals surface area contributed by atoms with Crippen LogP contribution < -0.4 is 14.5 Å². The van der Waals surface area contributed by atoms with E-state index < -0.39 is 5.97 Å². The number of carbonyl (C=O) groups is 2. The highest BCUT2D eigenvalue weighted by molar-refractivity contribution is 6.35. The third-order valence-electron chi connectivity index (χ3n) is 11.3. The zero-order valence-corrected chi connectivity index (χ0v) is 34.9. The minimum absolute atomic E-state index is 0.0515. The van der Waals surface area contributed by atoms with Crippen LogP contribution in [-0.4, -0.2) is 76.4 Å². The molecule has 1 aliphatic heterocycles. The first-order valence-corrected chi connectivity index (χ1v) is 19.5. The summed E-state index contributed by atoms with van der Waals surface area (Å²) >= 11 is 13.5. The van der Waals surface area contributed by atoms with Crippen molar-refractivity contribution in [1.29, 1.82) is 0 Å². The Labute approximate surface area is 336 Å². The maximum Gasteiger partial charge on any atom is 0.354 e. The normalized spacial score (nSPS) is 14.3. The molecule has 3 aromatic heterocycles. The number of hydrogen-bond donors (Lipinski definition) is 1. The Balaban J connectivity index is 1.40. The number of aromatic carboxylic acids is 1. The van der Waals surface area contributed by atoms with Gasteiger partial charge in [0.05, 0.1) is 40.7 Å². The standard InChI is InChI=1S/C43H48Cl2N6O5/c1-23-19-29(20-24(2)37(23)45)56-17-10-11-30-31-13-14-33(44)36(35-26(4)46-49(8)27(35)5)38(31)51-25(3)22-50(42(52)40(30)51)39-32-21-28(47(6)16-18-55-9)12-15-34(32)48(7)41(39)43(53)54/h12-15,19-21,25H,10-11,16-18,22H2,1-9H3,(H,53,54)/t25-/m1/s1. The van der Waals surface area contributed by atoms with E-state index >= 15 is 4.79 Å². The number of nitrogens with zero attached hydrogens (tertiary/aromatic N) is 6. The smallest absolute Gasteiger partial charge is 0.354 e. The number of halogens is 2. The molecule has 0 bridgehead atoms. The van der Waals surface area contributed by atoms with Crippen LogP contribution in [0, 0.1) is 27.7 Å². The van der Waals surface area contributed by atoms with E-state index in [0.29, 0.717) is 54.4 Å². The van der Waals surface area contributed by atoms with Crippen molar-refractivity contribution >= 4 is 68.3 Å². The van der Waals surface area contributed by atoms with Gasteiger partial charge in [-0.3, -0.25) is 9.48 Å². The quantitative estimate of drug-likeness (QED) is 0.123. The van der Waals surface area contributed by atoms with Gasteiger partial charge in [0.25, 0.3) is 5.91 Å². The summed E-state index contributed by atoms with van der Waals surface area (Å²) in [6.07, 6.45) is 1.14. The van der Waals surface area contributed by atoms with Gasteiger partial charge in [0.1, 0.15) is 11.4 Å². The van der Waals surface area contributed by atoms with Gasteiger partial charge in [-0.05, 0) is 101 Å². The Hall–Kier alpha value is -4.97. The Kier molecular flexibility index (Phi) is 10.6. The highest BCUT2D eigenvalue weighted by atomic mass is 35.5. The van der Waals surface area contributed by atoms with Gasteiger partial charge in [-0.15, -0.1) is 0 Å². The maximum absolute atomic E-state index is 15.4. The number of carboxylic acid groups (broad SMARTS) is 1. The molecule has 1 N–H and O–H groups in total. The SMILES string of the molecule is COCCN(C)c1ccc2c(c1)c(N1C[C@@H](C)n3c(c(CCCOc4cc(C)c(Cl)c(C)c4)c4ccc(Cl)c(-c5c(C)nn(C)c5C)c43)C1=O)c(C(=O)O)n2C. The van der Waals surface area contributed by atoms with Crippen molar-refractivity contribution in [3.8, 4) is 16.9 Å². The zero-order valence-electron chi connectivity index (χ0n) is 33.4. The molecular formula is C43H48Cl2N6O5. The fourth-order valence-electron chi connectivity index (χ4n) is 8.45. The largest absolute Gasteiger partial charge is 0.494 e. The summed E-state index contributed by atoms with van der Waals surface area (Å²) in [4.78, 5) is 32.2. The van der Waals surface area contributed by atoms with Crippen molar-refractivity contribution in [3.63, 3.8) is 0 Å². The number of hydrogen-bond acceptors (Lipinski definition) is 6. The number of benzene rings is 3. The number of aromatic nitrogens is 4. The minimum Gasteiger partial charge on any atom is -0.494 e. The van der Waals surface area contributed by atoms with E-state index in [4.69, 9.17) is 37.8 Å². The number of likely N-dealkylation sites (N-methyl/N-ethyl adjacent to an activating group) is 1. The van der Waals surface area contributed by atoms with Crippen LogP contribution in [0.4, 0.5) is 11.4 Å². The van der Waals surface area contributed by atoms with Gasteiger partial charge >= 0.3 is 5.97 Å². The number of amides is 1. The predicted octanol–water partition coefficient (Wildman–Crippen LogP) is 9.09. The van der Waals surface area contributed by atoms with E-state index in [1.807, 2.05) is 88.9 Å². The molecule has 0 saturated heterocycles. The summed E-state index contributed by atoms with van der Waals surface area (Å²) in [5, 5.41) is 18.3. The number of carbonyl (C=O) groups excluding carboxylic acids is 1. The first-order chi connectivity index (χ1) is 26.7. The van der Waals surface area contributed by atoms with Crippen LogP contribution in [0.1, 0.15) is 68.4 Å². The van der Waals surface area contributed by atoms with Crippen molar-refractivity contribution in [2.24, 2.45) is 14.1 Å². The average Bonchev–Trinajstić information content (AvgIpc) is 3.74. The molecule has 0 fully saturated rings. The molecule has 0 radical (unpaired) electrons. The summed E-state index contributed by atoms with van der Waals surface area (Å²) in [6.45, 7) is 11.8. The fourth-order valence-corrected chi connectivity index (χ4v) is 8.80. The minimum atomic E-state index is -1.11. The van der Waals surface area contributed by atoms with E-state index in [1.165, 1.54) is 0 Å². The van der Waals surface area contributed by atoms with Crippen molar-refractivity contribution in [1.82, 2.24) is 18.9 Å². The summed E-state index contributed by atoms with van der Waals surface area (Å²) in [5.41, 5.74) is 9.73. The molecule has 6 aromatic rings. The predicted molar refractivity (Wildman–Crippen MR) is 225 cm³/mol. The van der Waals surface area contributed by atoms with Gasteiger partial charge in [0.15, 0.2) is 5.69 Å². The van der Waals surface area contributed by atoms with Gasteiger partial charge in [0.2, 0.25) is 0 Å². The van der Waals surface area contributed by atoms with Gasteiger partial charge in [-0.1, -0.05) is 29.3 Å². The molecule has 1 amide bonds. The second-order valence-corrected chi connectivity index (χ2v) is 15.7. The van der Waals surface area contributed by atoms with Crippen LogP contribution in [0.3, 0.4) is 0 Å². The summed E-state index contributed by atoms with van der Waals surface area (Å²) in [7, 11) is 7.28. The van der Waals surface area contributed by atoms with E-state index in [-0.39, 0.29) is 24.2 Å². The zero-order chi connectivity index (χ0) is 40.3. The number of anilines is 2. The van der Waals surface area contributed by atoms with Crippen LogP contribution in [0.5, 0.6) is 5.75 Å². The first-order valence-electron chi connectivity index (χ1n) is 18.8. The molecule has 1 aliphatic rings. The monoisotopic (exact) mass is 798 g/mol. The third kappa shape index (κ3) is 6.49. The molecule has 13 heteroatoms. The van der Waals surface area contributed by atoms with E-state index in [0.717, 1.165) is 72.1 Å². The average molecular weight is 800 g/mol. The Morgan fingerprint density at radius 2 is 1.71 bits per heavy atom. The van der Waals surface area contributed by atoms with Crippen LogP contribution in [-0.2, 0) is 25.3 Å². The van der Waals surface area contributed by atoms with Crippen LogP contribution in [0.25, 0.3) is 32.9 Å². The van der Waals surface area contributed by atoms with Crippen molar-refractivity contribution in [2.75, 3.05) is 50.3 Å². The van der Waals surface area contributed by atoms with Gasteiger partial charge < -0.3 is 33.5 Å². The van der Waals surface area contributed by atoms with Gasteiger partial charge in [-0.25, -0.2) is 4.79 Å². The fraction of sp³-hybridized carbons (Fsp3) is 0.372. The van der Waals surface area contributed by atoms with Gasteiger partial charge in [0, 0.05) is 85.7 Å². The lowest BCUT2D eigenvalue weighted by molar-refractivity contribution is 0.0687.